The zero-order valence-electron chi connectivity index (χ0n) is 16.5. The van der Waals surface area contributed by atoms with Gasteiger partial charge in [-0.1, -0.05) is 32.4 Å². The van der Waals surface area contributed by atoms with Gasteiger partial charge in [-0.25, -0.2) is 0 Å². The molecule has 0 spiro atoms. The van der Waals surface area contributed by atoms with Crippen LogP contribution in [0.4, 0.5) is 0 Å². The molecule has 2 nitrogen and oxygen atoms in total. The minimum Gasteiger partial charge on any atom is -0.497 e. The molecule has 0 N–H and O–H groups in total. The number of benzene rings is 1. The van der Waals surface area contributed by atoms with E-state index in [0.717, 1.165) is 30.1 Å². The Balaban J connectivity index is 0.000000730. The van der Waals surface area contributed by atoms with Crippen LogP contribution in [0.1, 0.15) is 77.2 Å². The number of rotatable bonds is 3. The van der Waals surface area contributed by atoms with Crippen molar-refractivity contribution in [1.29, 1.82) is 0 Å². The molecule has 25 heavy (non-hydrogen) atoms. The van der Waals surface area contributed by atoms with Crippen molar-refractivity contribution in [3.63, 3.8) is 0 Å². The van der Waals surface area contributed by atoms with Crippen molar-refractivity contribution in [2.75, 3.05) is 13.7 Å². The zero-order chi connectivity index (χ0) is 17.4. The van der Waals surface area contributed by atoms with Gasteiger partial charge >= 0.3 is 0 Å². The molecule has 0 aromatic heterocycles. The van der Waals surface area contributed by atoms with Gasteiger partial charge in [0.15, 0.2) is 0 Å². The van der Waals surface area contributed by atoms with Crippen molar-refractivity contribution >= 4 is 0 Å². The molecule has 0 bridgehead atoms. The third-order valence-electron chi connectivity index (χ3n) is 5.56. The number of hydrogen-bond donors (Lipinski definition) is 0. The Morgan fingerprint density at radius 2 is 1.48 bits per heavy atom. The molecular formula is C22H36O2V. The summed E-state index contributed by atoms with van der Waals surface area (Å²) in [7, 11) is 1.73. The molecule has 1 aliphatic heterocycles. The van der Waals surface area contributed by atoms with Gasteiger partial charge in [-0.05, 0) is 80.9 Å². The van der Waals surface area contributed by atoms with Crippen molar-refractivity contribution in [3.05, 3.63) is 29.8 Å². The molecule has 2 atom stereocenters. The summed E-state index contributed by atoms with van der Waals surface area (Å²) >= 11 is 0. The molecule has 1 saturated carbocycles. The molecule has 2 aliphatic rings. The minimum atomic E-state index is 0. The van der Waals surface area contributed by atoms with Crippen LogP contribution in [0.5, 0.6) is 5.75 Å². The van der Waals surface area contributed by atoms with Crippen LogP contribution in [-0.2, 0) is 23.3 Å². The third-order valence-corrected chi connectivity index (χ3v) is 5.56. The Bertz CT molecular complexity index is 444. The van der Waals surface area contributed by atoms with Crippen LogP contribution in [0.3, 0.4) is 0 Å². The summed E-state index contributed by atoms with van der Waals surface area (Å²) in [5.74, 6) is 3.42. The van der Waals surface area contributed by atoms with Gasteiger partial charge in [-0.2, -0.15) is 0 Å². The second-order valence-electron chi connectivity index (χ2n) is 7.57. The molecule has 1 aromatic carbocycles. The van der Waals surface area contributed by atoms with E-state index in [4.69, 9.17) is 9.47 Å². The molecular weight excluding hydrogens is 347 g/mol. The van der Waals surface area contributed by atoms with Gasteiger partial charge in [0.05, 0.1) is 19.8 Å². The summed E-state index contributed by atoms with van der Waals surface area (Å²) in [6, 6.07) is 8.68. The van der Waals surface area contributed by atoms with Crippen molar-refractivity contribution in [2.24, 2.45) is 11.8 Å². The molecule has 1 heterocycles. The maximum absolute atomic E-state index is 5.87. The summed E-state index contributed by atoms with van der Waals surface area (Å²) in [6.07, 6.45) is 9.78. The largest absolute Gasteiger partial charge is 0.497 e. The molecule has 3 heteroatoms. The smallest absolute Gasteiger partial charge is 0.118 e. The number of methoxy groups -OCH3 is 1. The van der Waals surface area contributed by atoms with E-state index in [-0.39, 0.29) is 18.6 Å². The van der Waals surface area contributed by atoms with Crippen molar-refractivity contribution in [1.82, 2.24) is 0 Å². The van der Waals surface area contributed by atoms with E-state index in [1.807, 2.05) is 0 Å². The predicted molar refractivity (Wildman–Crippen MR) is 102 cm³/mol. The SMILES string of the molecule is CCC.COc1ccc(C2CCC(C3CCC(C)OC3)CC2)cc1.[V]. The van der Waals surface area contributed by atoms with E-state index in [2.05, 4.69) is 45.0 Å². The van der Waals surface area contributed by atoms with Crippen LogP contribution in [0.15, 0.2) is 24.3 Å². The Hall–Kier alpha value is -0.436. The van der Waals surface area contributed by atoms with Gasteiger partial charge in [0, 0.05) is 18.6 Å². The minimum absolute atomic E-state index is 0. The monoisotopic (exact) mass is 383 g/mol. The Labute approximate surface area is 166 Å². The normalized spacial score (nSPS) is 29.0. The predicted octanol–water partition coefficient (Wildman–Crippen LogP) is 6.20. The molecule has 1 radical (unpaired) electrons. The van der Waals surface area contributed by atoms with Crippen LogP contribution in [-0.4, -0.2) is 19.8 Å². The topological polar surface area (TPSA) is 18.5 Å². The van der Waals surface area contributed by atoms with Gasteiger partial charge in [0.1, 0.15) is 5.75 Å². The van der Waals surface area contributed by atoms with E-state index in [1.165, 1.54) is 50.5 Å². The molecule has 1 aromatic rings. The summed E-state index contributed by atoms with van der Waals surface area (Å²) in [5.41, 5.74) is 1.49. The average molecular weight is 383 g/mol. The van der Waals surface area contributed by atoms with Crippen molar-refractivity contribution in [3.8, 4) is 5.75 Å². The first-order valence-corrected chi connectivity index (χ1v) is 9.93. The Kier molecular flexibility index (Phi) is 10.9. The fraction of sp³-hybridized carbons (Fsp3) is 0.727. The van der Waals surface area contributed by atoms with Crippen molar-refractivity contribution < 1.29 is 28.0 Å². The molecule has 0 amide bonds. The van der Waals surface area contributed by atoms with Gasteiger partial charge < -0.3 is 9.47 Å². The number of ether oxygens (including phenoxy) is 2. The summed E-state index contributed by atoms with van der Waals surface area (Å²) < 4.78 is 11.1. The summed E-state index contributed by atoms with van der Waals surface area (Å²) in [5, 5.41) is 0. The quantitative estimate of drug-likeness (QED) is 0.619. The first-order valence-electron chi connectivity index (χ1n) is 9.93. The van der Waals surface area contributed by atoms with E-state index < -0.39 is 0 Å². The average Bonchev–Trinajstić information content (AvgIpc) is 2.63. The van der Waals surface area contributed by atoms with E-state index >= 15 is 0 Å². The maximum Gasteiger partial charge on any atom is 0.118 e. The van der Waals surface area contributed by atoms with E-state index in [9.17, 15) is 0 Å². The van der Waals surface area contributed by atoms with Crippen LogP contribution >= 0.6 is 0 Å². The Morgan fingerprint density at radius 3 is 1.96 bits per heavy atom. The second-order valence-corrected chi connectivity index (χ2v) is 7.57. The Morgan fingerprint density at radius 1 is 0.920 bits per heavy atom. The van der Waals surface area contributed by atoms with Gasteiger partial charge in [-0.3, -0.25) is 0 Å². The molecule has 2 unspecified atom stereocenters. The van der Waals surface area contributed by atoms with Crippen LogP contribution in [0.2, 0.25) is 0 Å². The summed E-state index contributed by atoms with van der Waals surface area (Å²) in [4.78, 5) is 0. The first-order chi connectivity index (χ1) is 11.7. The van der Waals surface area contributed by atoms with Crippen LogP contribution < -0.4 is 4.74 Å². The van der Waals surface area contributed by atoms with E-state index in [1.54, 1.807) is 7.11 Å². The fourth-order valence-corrected chi connectivity index (χ4v) is 4.08. The van der Waals surface area contributed by atoms with Crippen molar-refractivity contribution in [2.45, 2.75) is 77.7 Å². The summed E-state index contributed by atoms with van der Waals surface area (Å²) in [6.45, 7) is 7.45. The van der Waals surface area contributed by atoms with Crippen LogP contribution in [0, 0.1) is 11.8 Å². The third kappa shape index (κ3) is 7.00. The molecule has 1 aliphatic carbocycles. The second kappa shape index (κ2) is 12.0. The fourth-order valence-electron chi connectivity index (χ4n) is 4.08. The standard InChI is InChI=1S/C19H28O2.C3H8.V/c1-14-3-4-18(13-21-14)17-7-5-15(6-8-17)16-9-11-19(20-2)12-10-16;1-3-2;/h9-12,14-15,17-18H,3-8,13H2,1-2H3;3H2,1-2H3;. The molecule has 1 saturated heterocycles. The molecule has 3 rings (SSSR count). The molecule has 141 valence electrons. The zero-order valence-corrected chi connectivity index (χ0v) is 17.9. The first kappa shape index (κ1) is 22.6. The maximum atomic E-state index is 5.87. The van der Waals surface area contributed by atoms with Gasteiger partial charge in [-0.15, -0.1) is 0 Å². The molecule has 2 fully saturated rings. The van der Waals surface area contributed by atoms with E-state index in [0.29, 0.717) is 6.10 Å². The number of hydrogen-bond acceptors (Lipinski definition) is 2. The van der Waals surface area contributed by atoms with Gasteiger partial charge in [0.25, 0.3) is 0 Å². The van der Waals surface area contributed by atoms with Gasteiger partial charge in [0.2, 0.25) is 0 Å². The van der Waals surface area contributed by atoms with Crippen LogP contribution in [0.25, 0.3) is 0 Å².